The predicted molar refractivity (Wildman–Crippen MR) is 85.1 cm³/mol. The van der Waals surface area contributed by atoms with Gasteiger partial charge in [0.2, 0.25) is 0 Å². The fourth-order valence-corrected chi connectivity index (χ4v) is 3.78. The van der Waals surface area contributed by atoms with Crippen LogP contribution in [-0.4, -0.2) is 35.5 Å². The summed E-state index contributed by atoms with van der Waals surface area (Å²) in [5.41, 5.74) is 1.59. The van der Waals surface area contributed by atoms with Gasteiger partial charge in [-0.2, -0.15) is 0 Å². The third kappa shape index (κ3) is 3.04. The van der Waals surface area contributed by atoms with Gasteiger partial charge in [-0.15, -0.1) is 0 Å². The number of rotatable bonds is 5. The topological polar surface area (TPSA) is 49.4 Å². The molecule has 20 heavy (non-hydrogen) atoms. The number of benzene rings is 1. The molecule has 1 saturated heterocycles. The third-order valence-corrected chi connectivity index (χ3v) is 5.32. The van der Waals surface area contributed by atoms with Gasteiger partial charge >= 0.3 is 0 Å². The molecule has 1 aliphatic rings. The molecule has 2 rings (SSSR count). The van der Waals surface area contributed by atoms with E-state index in [2.05, 4.69) is 15.5 Å². The molecule has 0 saturated carbocycles. The molecule has 0 amide bonds. The lowest BCUT2D eigenvalue weighted by atomic mass is 10.1. The van der Waals surface area contributed by atoms with Gasteiger partial charge in [0.15, 0.2) is 5.78 Å². The van der Waals surface area contributed by atoms with Crippen molar-refractivity contribution in [3.63, 3.8) is 0 Å². The Morgan fingerprint density at radius 2 is 2.05 bits per heavy atom. The number of nitrogens with one attached hydrogen (secondary N) is 1. The minimum atomic E-state index is -2.53. The third-order valence-electron chi connectivity index (χ3n) is 3.55. The van der Waals surface area contributed by atoms with Gasteiger partial charge in [0.1, 0.15) is 0 Å². The first-order chi connectivity index (χ1) is 9.45. The molecule has 1 fully saturated rings. The van der Waals surface area contributed by atoms with Crippen molar-refractivity contribution >= 4 is 27.0 Å². The van der Waals surface area contributed by atoms with Crippen molar-refractivity contribution < 1.29 is 9.00 Å². The summed E-state index contributed by atoms with van der Waals surface area (Å²) in [4.78, 5) is 14.7. The number of hydrogen-bond donors (Lipinski definition) is 1. The van der Waals surface area contributed by atoms with E-state index in [4.69, 9.17) is 0 Å². The van der Waals surface area contributed by atoms with Crippen LogP contribution in [0.3, 0.4) is 0 Å². The molecule has 1 atom stereocenters. The monoisotopic (exact) mass is 294 g/mol. The summed E-state index contributed by atoms with van der Waals surface area (Å²) >= 11 is 0. The number of Topliss-reactive ketones (excluding diaryl/α,β-unsaturated/α-hetero) is 1. The van der Waals surface area contributed by atoms with E-state index in [1.807, 2.05) is 19.1 Å². The average Bonchev–Trinajstić information content (AvgIpc) is 2.91. The van der Waals surface area contributed by atoms with Crippen molar-refractivity contribution in [3.8, 4) is 0 Å². The number of ketones is 1. The van der Waals surface area contributed by atoms with E-state index in [1.54, 1.807) is 13.0 Å². The zero-order valence-electron chi connectivity index (χ0n) is 12.1. The van der Waals surface area contributed by atoms with Gasteiger partial charge in [0.25, 0.3) is 0 Å². The lowest BCUT2D eigenvalue weighted by Crippen LogP contribution is -2.24. The van der Waals surface area contributed by atoms with Crippen LogP contribution in [0.5, 0.6) is 0 Å². The van der Waals surface area contributed by atoms with Gasteiger partial charge in [-0.05, 0) is 43.8 Å². The zero-order chi connectivity index (χ0) is 14.8. The highest BCUT2D eigenvalue weighted by Crippen LogP contribution is 2.27. The first kappa shape index (κ1) is 15.1. The second-order valence-corrected chi connectivity index (χ2v) is 7.21. The summed E-state index contributed by atoms with van der Waals surface area (Å²) in [6, 6.07) is 5.45. The van der Waals surface area contributed by atoms with Crippen LogP contribution >= 0.6 is 0 Å². The predicted octanol–water partition coefficient (Wildman–Crippen LogP) is 2.09. The normalized spacial score (nSPS) is 18.0. The van der Waals surface area contributed by atoms with Gasteiger partial charge in [0, 0.05) is 35.8 Å². The molecular weight excluding hydrogens is 272 g/mol. The van der Waals surface area contributed by atoms with Gasteiger partial charge in [0.05, 0.1) is 9.71 Å². The van der Waals surface area contributed by atoms with E-state index in [1.165, 1.54) is 0 Å². The second-order valence-electron chi connectivity index (χ2n) is 5.10. The number of nitrogens with zero attached hydrogens (tertiary/aromatic N) is 1. The first-order valence-corrected chi connectivity index (χ1v) is 8.70. The van der Waals surface area contributed by atoms with Crippen LogP contribution in [-0.2, 0) is 9.71 Å². The highest BCUT2D eigenvalue weighted by atomic mass is 32.2. The zero-order valence-corrected chi connectivity index (χ0v) is 13.0. The quantitative estimate of drug-likeness (QED) is 0.668. The molecule has 1 aliphatic heterocycles. The Bertz CT molecular complexity index is 602. The molecule has 0 bridgehead atoms. The van der Waals surface area contributed by atoms with E-state index in [-0.39, 0.29) is 5.78 Å². The van der Waals surface area contributed by atoms with E-state index in [0.717, 1.165) is 31.6 Å². The standard InChI is InChI=1S/C15H22N2O2S/c1-4-16-20(3,19)13-7-8-15(14(11-13)12(2)18)17-9-5-6-10-17/h7-8,11H,3-6,9-10H2,1-2H3,(H,16,19). The number of anilines is 1. The fourth-order valence-electron chi connectivity index (χ4n) is 2.55. The van der Waals surface area contributed by atoms with E-state index < -0.39 is 9.71 Å². The largest absolute Gasteiger partial charge is 0.371 e. The van der Waals surface area contributed by atoms with Gasteiger partial charge < -0.3 is 4.90 Å². The number of carbonyl (C=O) groups excluding carboxylic acids is 1. The van der Waals surface area contributed by atoms with Crippen molar-refractivity contribution in [2.24, 2.45) is 0 Å². The second kappa shape index (κ2) is 5.97. The van der Waals surface area contributed by atoms with Crippen LogP contribution in [0.2, 0.25) is 0 Å². The Labute approximate surface area is 121 Å². The van der Waals surface area contributed by atoms with Crippen LogP contribution in [0.4, 0.5) is 5.69 Å². The van der Waals surface area contributed by atoms with Crippen molar-refractivity contribution in [2.75, 3.05) is 24.5 Å². The molecule has 0 aliphatic carbocycles. The van der Waals surface area contributed by atoms with Gasteiger partial charge in [-0.1, -0.05) is 6.92 Å². The Morgan fingerprint density at radius 3 is 2.60 bits per heavy atom. The molecule has 1 aromatic rings. The van der Waals surface area contributed by atoms with E-state index in [0.29, 0.717) is 17.0 Å². The van der Waals surface area contributed by atoms with E-state index in [9.17, 15) is 9.00 Å². The van der Waals surface area contributed by atoms with E-state index >= 15 is 0 Å². The molecule has 0 aromatic heterocycles. The Morgan fingerprint density at radius 1 is 1.40 bits per heavy atom. The van der Waals surface area contributed by atoms with Gasteiger partial charge in [-0.3, -0.25) is 4.79 Å². The maximum Gasteiger partial charge on any atom is 0.161 e. The molecule has 1 aromatic carbocycles. The maximum atomic E-state index is 12.4. The lowest BCUT2D eigenvalue weighted by Gasteiger charge is -2.21. The Hall–Kier alpha value is -1.33. The minimum Gasteiger partial charge on any atom is -0.371 e. The summed E-state index contributed by atoms with van der Waals surface area (Å²) in [7, 11) is -2.53. The summed E-state index contributed by atoms with van der Waals surface area (Å²) < 4.78 is 15.3. The van der Waals surface area contributed by atoms with Crippen LogP contribution in [0.25, 0.3) is 0 Å². The number of hydrogen-bond acceptors (Lipinski definition) is 3. The molecule has 1 heterocycles. The van der Waals surface area contributed by atoms with Crippen LogP contribution in [0.1, 0.15) is 37.0 Å². The smallest absolute Gasteiger partial charge is 0.161 e. The van der Waals surface area contributed by atoms with Crippen molar-refractivity contribution in [1.82, 2.24) is 4.72 Å². The number of carbonyl (C=O) groups is 1. The van der Waals surface area contributed by atoms with Crippen LogP contribution in [0, 0.1) is 0 Å². The molecule has 4 nitrogen and oxygen atoms in total. The molecule has 1 N–H and O–H groups in total. The summed E-state index contributed by atoms with van der Waals surface area (Å²) in [6.45, 7) is 5.97. The lowest BCUT2D eigenvalue weighted by molar-refractivity contribution is 0.101. The Kier molecular flexibility index (Phi) is 4.50. The highest BCUT2D eigenvalue weighted by Gasteiger charge is 2.19. The molecular formula is C15H22N2O2S. The van der Waals surface area contributed by atoms with Crippen LogP contribution < -0.4 is 9.62 Å². The average molecular weight is 294 g/mol. The summed E-state index contributed by atoms with van der Waals surface area (Å²) in [5.74, 6) is 3.75. The van der Waals surface area contributed by atoms with Crippen LogP contribution in [0.15, 0.2) is 23.1 Å². The molecule has 5 heteroatoms. The maximum absolute atomic E-state index is 12.4. The van der Waals surface area contributed by atoms with Crippen molar-refractivity contribution in [2.45, 2.75) is 31.6 Å². The first-order valence-electron chi connectivity index (χ1n) is 6.97. The SMILES string of the molecule is C=S(=O)(NCC)c1ccc(N2CCCC2)c(C(C)=O)c1. The fraction of sp³-hybridized carbons (Fsp3) is 0.467. The summed E-state index contributed by atoms with van der Waals surface area (Å²) in [6.07, 6.45) is 2.31. The molecule has 110 valence electrons. The van der Waals surface area contributed by atoms with Crippen molar-refractivity contribution in [1.29, 1.82) is 0 Å². The molecule has 0 spiro atoms. The molecule has 0 radical (unpaired) electrons. The highest BCUT2D eigenvalue weighted by molar-refractivity contribution is 7.98. The molecule has 1 unspecified atom stereocenters. The van der Waals surface area contributed by atoms with Crippen molar-refractivity contribution in [3.05, 3.63) is 23.8 Å². The Balaban J connectivity index is 2.45. The minimum absolute atomic E-state index is 0.000415. The summed E-state index contributed by atoms with van der Waals surface area (Å²) in [5, 5.41) is 0. The van der Waals surface area contributed by atoms with Gasteiger partial charge in [-0.25, -0.2) is 8.93 Å².